The molecule has 2 N–H and O–H groups in total. The van der Waals surface area contributed by atoms with Crippen molar-refractivity contribution < 1.29 is 24.9 Å². The van der Waals surface area contributed by atoms with Crippen molar-refractivity contribution in [2.75, 3.05) is 0 Å². The average molecular weight is 577 g/mol. The molecule has 220 valence electrons. The van der Waals surface area contributed by atoms with E-state index < -0.39 is 23.8 Å². The molecule has 43 heavy (non-hydrogen) atoms. The number of carboxylic acids is 2. The number of hydrogen-bond donors (Lipinski definition) is 2. The van der Waals surface area contributed by atoms with Gasteiger partial charge in [-0.2, -0.15) is 0 Å². The van der Waals surface area contributed by atoms with Gasteiger partial charge in [-0.3, -0.25) is 0 Å². The Balaban J connectivity index is 1.67. The SMILES string of the molecule is C=CC1=C(C)C2=NC1=CC1=NC(=CC3=C(C)C4=C(O)[C@H](C(=O)[O-])C(=C5NC(=C2)[C@@H](C)[C@@H]5CCC(=O)[O-])C4=N3)C(CC)=C1C. The van der Waals surface area contributed by atoms with Crippen molar-refractivity contribution in [3.8, 4) is 0 Å². The minimum absolute atomic E-state index is 0.199. The summed E-state index contributed by atoms with van der Waals surface area (Å²) < 4.78 is 0. The molecule has 9 nitrogen and oxygen atoms in total. The Hall–Kier alpha value is -4.79. The summed E-state index contributed by atoms with van der Waals surface area (Å²) in [5.74, 6) is -5.08. The Morgan fingerprint density at radius 1 is 1.02 bits per heavy atom. The molecule has 0 unspecified atom stereocenters. The Morgan fingerprint density at radius 2 is 1.72 bits per heavy atom. The van der Waals surface area contributed by atoms with Crippen LogP contribution < -0.4 is 15.5 Å². The molecule has 0 aromatic rings. The highest BCUT2D eigenvalue weighted by atomic mass is 16.4. The fourth-order valence-electron chi connectivity index (χ4n) is 6.93. The molecule has 1 aliphatic carbocycles. The summed E-state index contributed by atoms with van der Waals surface area (Å²) in [5, 5.41) is 38.8. The quantitative estimate of drug-likeness (QED) is 0.495. The van der Waals surface area contributed by atoms with E-state index in [2.05, 4.69) is 18.8 Å². The number of carboxylic acid groups (broad SMARTS) is 2. The Bertz CT molecular complexity index is 1800. The van der Waals surface area contributed by atoms with E-state index in [1.807, 2.05) is 39.0 Å². The van der Waals surface area contributed by atoms with Crippen LogP contribution in [-0.2, 0) is 9.59 Å². The van der Waals surface area contributed by atoms with Crippen LogP contribution in [0.1, 0.15) is 53.9 Å². The highest BCUT2D eigenvalue weighted by Crippen LogP contribution is 2.48. The zero-order chi connectivity index (χ0) is 30.9. The minimum Gasteiger partial charge on any atom is -0.550 e. The third-order valence-corrected chi connectivity index (χ3v) is 9.32. The lowest BCUT2D eigenvalue weighted by molar-refractivity contribution is -0.309. The van der Waals surface area contributed by atoms with Crippen LogP contribution >= 0.6 is 0 Å². The Labute approximate surface area is 249 Å². The highest BCUT2D eigenvalue weighted by Gasteiger charge is 2.46. The molecule has 5 heterocycles. The zero-order valence-electron chi connectivity index (χ0n) is 24.8. The number of fused-ring (bicyclic) bond motifs is 5. The fraction of sp³-hybridized carbons (Fsp3) is 0.324. The molecular weight excluding hydrogens is 544 g/mol. The number of hydrogen-bond acceptors (Lipinski definition) is 9. The lowest BCUT2D eigenvalue weighted by Gasteiger charge is -2.22. The summed E-state index contributed by atoms with van der Waals surface area (Å²) in [6, 6.07) is 0. The molecule has 6 aliphatic rings. The maximum Gasteiger partial charge on any atom is 0.115 e. The largest absolute Gasteiger partial charge is 0.550 e. The summed E-state index contributed by atoms with van der Waals surface area (Å²) >= 11 is 0. The topological polar surface area (TPSA) is 150 Å². The summed E-state index contributed by atoms with van der Waals surface area (Å²) in [6.45, 7) is 13.8. The monoisotopic (exact) mass is 576 g/mol. The standard InChI is InChI=1S/C34H34N4O5/c1-7-18-14(3)21-11-23-16(5)20(9-10-27(39)40)31(37-23)29-30(34(42)43)33(41)28-17(6)24(38-32(28)29)13-26-19(8-2)15(4)22(36-26)12-25(18)35-21/h7,11-13,16,20,30,37,41H,1,8-10H2,2-6H3,(H,39,40)(H,42,43)/p-2/t16-,20-,30+/m0/s1. The van der Waals surface area contributed by atoms with Gasteiger partial charge in [0.2, 0.25) is 0 Å². The van der Waals surface area contributed by atoms with Gasteiger partial charge in [0.25, 0.3) is 0 Å². The van der Waals surface area contributed by atoms with Crippen LogP contribution in [0, 0.1) is 17.8 Å². The maximum absolute atomic E-state index is 12.5. The molecule has 1 fully saturated rings. The normalized spacial score (nSPS) is 26.0. The number of nitrogens with one attached hydrogen (secondary N) is 1. The van der Waals surface area contributed by atoms with Crippen LogP contribution in [0.4, 0.5) is 0 Å². The van der Waals surface area contributed by atoms with E-state index in [1.165, 1.54) is 0 Å². The number of rotatable bonds is 6. The van der Waals surface area contributed by atoms with Gasteiger partial charge in [0.15, 0.2) is 0 Å². The van der Waals surface area contributed by atoms with Crippen molar-refractivity contribution in [2.45, 2.75) is 53.9 Å². The molecule has 5 aliphatic heterocycles. The molecule has 0 aromatic carbocycles. The summed E-state index contributed by atoms with van der Waals surface area (Å²) in [5.41, 5.74) is 10.3. The van der Waals surface area contributed by atoms with E-state index in [0.29, 0.717) is 34.0 Å². The van der Waals surface area contributed by atoms with Gasteiger partial charge < -0.3 is 30.2 Å². The molecular formula is C34H32N4O5-2. The van der Waals surface area contributed by atoms with Crippen LogP contribution in [0.5, 0.6) is 0 Å². The first kappa shape index (κ1) is 28.3. The molecule has 9 heteroatoms. The van der Waals surface area contributed by atoms with Crippen LogP contribution in [-0.4, -0.2) is 34.2 Å². The van der Waals surface area contributed by atoms with Gasteiger partial charge in [-0.1, -0.05) is 26.5 Å². The number of allylic oxidation sites excluding steroid dienone is 11. The molecule has 0 aromatic heterocycles. The van der Waals surface area contributed by atoms with E-state index in [-0.39, 0.29) is 30.1 Å². The van der Waals surface area contributed by atoms with Crippen LogP contribution in [0.15, 0.2) is 119 Å². The van der Waals surface area contributed by atoms with Gasteiger partial charge in [0.1, 0.15) is 5.76 Å². The van der Waals surface area contributed by atoms with Crippen molar-refractivity contribution in [1.82, 2.24) is 5.32 Å². The molecule has 0 radical (unpaired) electrons. The third-order valence-electron chi connectivity index (χ3n) is 9.32. The Kier molecular flexibility index (Phi) is 6.71. The van der Waals surface area contributed by atoms with E-state index in [0.717, 1.165) is 51.5 Å². The Morgan fingerprint density at radius 3 is 2.37 bits per heavy atom. The van der Waals surface area contributed by atoms with Gasteiger partial charge in [-0.05, 0) is 80.6 Å². The molecule has 0 spiro atoms. The molecule has 8 bridgehead atoms. The first-order valence-corrected chi connectivity index (χ1v) is 14.5. The molecule has 6 rings (SSSR count). The molecule has 3 atom stereocenters. The average Bonchev–Trinajstić information content (AvgIpc) is 3.68. The van der Waals surface area contributed by atoms with Crippen LogP contribution in [0.25, 0.3) is 0 Å². The van der Waals surface area contributed by atoms with E-state index >= 15 is 0 Å². The fourth-order valence-corrected chi connectivity index (χ4v) is 6.93. The number of aliphatic carboxylic acids is 2. The van der Waals surface area contributed by atoms with Gasteiger partial charge in [0.05, 0.1) is 46.1 Å². The second kappa shape index (κ2) is 10.2. The summed E-state index contributed by atoms with van der Waals surface area (Å²) in [6.07, 6.45) is 8.25. The number of aliphatic hydroxyl groups is 1. The van der Waals surface area contributed by atoms with Gasteiger partial charge in [-0.15, -0.1) is 0 Å². The van der Waals surface area contributed by atoms with Gasteiger partial charge in [-0.25, -0.2) is 15.0 Å². The number of carbonyl (C=O) groups excluding carboxylic acids is 2. The molecule has 0 amide bonds. The minimum atomic E-state index is -1.46. The van der Waals surface area contributed by atoms with Gasteiger partial charge in [0, 0.05) is 45.9 Å². The predicted octanol–water partition coefficient (Wildman–Crippen LogP) is 3.35. The van der Waals surface area contributed by atoms with Crippen molar-refractivity contribution in [3.05, 3.63) is 104 Å². The second-order valence-corrected chi connectivity index (χ2v) is 11.6. The second-order valence-electron chi connectivity index (χ2n) is 11.6. The number of aliphatic imine (C=N–C) groups is 3. The lowest BCUT2D eigenvalue weighted by Crippen LogP contribution is -2.34. The number of aliphatic hydroxyl groups excluding tert-OH is 1. The van der Waals surface area contributed by atoms with Crippen molar-refractivity contribution in [3.63, 3.8) is 0 Å². The van der Waals surface area contributed by atoms with E-state index in [4.69, 9.17) is 15.0 Å². The van der Waals surface area contributed by atoms with E-state index in [1.54, 1.807) is 13.0 Å². The smallest absolute Gasteiger partial charge is 0.115 e. The van der Waals surface area contributed by atoms with Crippen molar-refractivity contribution in [1.29, 1.82) is 0 Å². The lowest BCUT2D eigenvalue weighted by atomic mass is 9.84. The molecule has 0 saturated carbocycles. The maximum atomic E-state index is 12.5. The number of nitrogens with zero attached hydrogens (tertiary/aromatic N) is 3. The zero-order valence-corrected chi connectivity index (χ0v) is 24.8. The number of carbonyl (C=O) groups is 2. The van der Waals surface area contributed by atoms with Crippen LogP contribution in [0.3, 0.4) is 0 Å². The summed E-state index contributed by atoms with van der Waals surface area (Å²) in [7, 11) is 0. The van der Waals surface area contributed by atoms with Crippen molar-refractivity contribution >= 4 is 29.1 Å². The predicted molar refractivity (Wildman–Crippen MR) is 160 cm³/mol. The highest BCUT2D eigenvalue weighted by molar-refractivity contribution is 6.24. The first-order valence-electron chi connectivity index (χ1n) is 14.5. The van der Waals surface area contributed by atoms with Crippen LogP contribution in [0.2, 0.25) is 0 Å². The first-order chi connectivity index (χ1) is 20.5. The molecule has 1 saturated heterocycles. The van der Waals surface area contributed by atoms with Crippen molar-refractivity contribution in [2.24, 2.45) is 32.7 Å². The third kappa shape index (κ3) is 4.25. The summed E-state index contributed by atoms with van der Waals surface area (Å²) in [4.78, 5) is 38.8. The van der Waals surface area contributed by atoms with E-state index in [9.17, 15) is 24.9 Å². The van der Waals surface area contributed by atoms with Gasteiger partial charge >= 0.3 is 0 Å².